The normalized spacial score (nSPS) is 26.6. The number of rotatable bonds is 0. The van der Waals surface area contributed by atoms with Gasteiger partial charge in [-0.1, -0.05) is 0 Å². The second-order valence-electron chi connectivity index (χ2n) is 1.42. The highest BCUT2D eigenvalue weighted by molar-refractivity contribution is 7.82. The smallest absolute Gasteiger partial charge is 0.171 e. The molecule has 2 nitrogen and oxygen atoms in total. The van der Waals surface area contributed by atoms with Crippen LogP contribution in [0.5, 0.6) is 0 Å². The largest absolute Gasteiger partial charge is 0.347 e. The molecule has 0 bridgehead atoms. The van der Waals surface area contributed by atoms with Crippen LogP contribution in [0.3, 0.4) is 0 Å². The maximum atomic E-state index is 4.76. The van der Waals surface area contributed by atoms with Crippen LogP contribution in [-0.2, 0) is 0 Å². The lowest BCUT2D eigenvalue weighted by molar-refractivity contribution is 0.921. The van der Waals surface area contributed by atoms with Gasteiger partial charge in [0.2, 0.25) is 0 Å². The maximum Gasteiger partial charge on any atom is 0.171 e. The molecule has 0 saturated carbocycles. The summed E-state index contributed by atoms with van der Waals surface area (Å²) in [4.78, 5) is 0. The number of hydrogen-bond donors (Lipinski definition) is 3. The van der Waals surface area contributed by atoms with Gasteiger partial charge in [0.15, 0.2) is 5.11 Å². The Morgan fingerprint density at radius 1 is 1.75 bits per heavy atom. The quantitative estimate of drug-likeness (QED) is 0.337. The van der Waals surface area contributed by atoms with Crippen molar-refractivity contribution >= 4 is 30.0 Å². The highest BCUT2D eigenvalue weighted by Crippen LogP contribution is 1.94. The van der Waals surface area contributed by atoms with E-state index < -0.39 is 0 Å². The molecule has 0 aromatic rings. The van der Waals surface area contributed by atoms with Crippen LogP contribution >= 0.6 is 24.8 Å². The molecule has 4 heteroatoms. The zero-order chi connectivity index (χ0) is 5.98. The van der Waals surface area contributed by atoms with E-state index in [0.717, 1.165) is 0 Å². The summed E-state index contributed by atoms with van der Waals surface area (Å²) in [5, 5.41) is 6.39. The molecule has 2 N–H and O–H groups in total. The molecular formula is C4H6N2S2. The van der Waals surface area contributed by atoms with Crippen molar-refractivity contribution in [2.75, 3.05) is 0 Å². The van der Waals surface area contributed by atoms with Gasteiger partial charge in [-0.2, -0.15) is 12.6 Å². The van der Waals surface area contributed by atoms with E-state index in [1.807, 2.05) is 6.08 Å². The predicted octanol–water partition coefficient (Wildman–Crippen LogP) is 0.234. The molecule has 1 heterocycles. The third kappa shape index (κ3) is 1.38. The van der Waals surface area contributed by atoms with Crippen molar-refractivity contribution in [1.82, 2.24) is 10.6 Å². The molecule has 0 aromatic carbocycles. The molecule has 0 aliphatic carbocycles. The van der Waals surface area contributed by atoms with Crippen molar-refractivity contribution < 1.29 is 0 Å². The van der Waals surface area contributed by atoms with E-state index in [1.54, 1.807) is 6.20 Å². The fourth-order valence-electron chi connectivity index (χ4n) is 0.439. The van der Waals surface area contributed by atoms with Crippen LogP contribution in [-0.4, -0.2) is 10.5 Å². The SMILES string of the molecule is S=C1NC=CC(S)N1. The number of thiol groups is 1. The Kier molecular flexibility index (Phi) is 1.75. The summed E-state index contributed by atoms with van der Waals surface area (Å²) in [7, 11) is 0. The Hall–Kier alpha value is -0.220. The second kappa shape index (κ2) is 2.37. The van der Waals surface area contributed by atoms with Crippen LogP contribution in [0, 0.1) is 0 Å². The molecule has 1 atom stereocenters. The first-order valence-electron chi connectivity index (χ1n) is 2.21. The molecule has 1 rings (SSSR count). The van der Waals surface area contributed by atoms with Crippen molar-refractivity contribution in [3.05, 3.63) is 12.3 Å². The van der Waals surface area contributed by atoms with Crippen molar-refractivity contribution in [3.63, 3.8) is 0 Å². The van der Waals surface area contributed by atoms with Gasteiger partial charge in [-0.25, -0.2) is 0 Å². The zero-order valence-electron chi connectivity index (χ0n) is 4.09. The Balaban J connectivity index is 2.54. The van der Waals surface area contributed by atoms with Gasteiger partial charge in [0, 0.05) is 6.20 Å². The fraction of sp³-hybridized carbons (Fsp3) is 0.250. The molecular weight excluding hydrogens is 140 g/mol. The number of thiocarbonyl (C=S) groups is 1. The van der Waals surface area contributed by atoms with E-state index in [9.17, 15) is 0 Å². The van der Waals surface area contributed by atoms with E-state index >= 15 is 0 Å². The van der Waals surface area contributed by atoms with Gasteiger partial charge in [-0.15, -0.1) is 0 Å². The van der Waals surface area contributed by atoms with E-state index in [-0.39, 0.29) is 5.37 Å². The second-order valence-corrected chi connectivity index (χ2v) is 2.39. The van der Waals surface area contributed by atoms with E-state index in [1.165, 1.54) is 0 Å². The summed E-state index contributed by atoms with van der Waals surface area (Å²) < 4.78 is 0. The van der Waals surface area contributed by atoms with Crippen LogP contribution in [0.15, 0.2) is 12.3 Å². The molecule has 44 valence electrons. The lowest BCUT2D eigenvalue weighted by atomic mass is 10.5. The monoisotopic (exact) mass is 146 g/mol. The molecule has 0 fully saturated rings. The zero-order valence-corrected chi connectivity index (χ0v) is 5.80. The van der Waals surface area contributed by atoms with Gasteiger partial charge >= 0.3 is 0 Å². The summed E-state index contributed by atoms with van der Waals surface area (Å²) in [6, 6.07) is 0. The van der Waals surface area contributed by atoms with Gasteiger partial charge in [0.05, 0.1) is 5.37 Å². The third-order valence-electron chi connectivity index (χ3n) is 0.772. The summed E-state index contributed by atoms with van der Waals surface area (Å²) in [5.74, 6) is 0. The molecule has 0 saturated heterocycles. The molecule has 0 amide bonds. The Labute approximate surface area is 58.8 Å². The van der Waals surface area contributed by atoms with E-state index in [4.69, 9.17) is 12.2 Å². The van der Waals surface area contributed by atoms with Crippen molar-refractivity contribution in [2.24, 2.45) is 0 Å². The average molecular weight is 146 g/mol. The number of hydrogen-bond acceptors (Lipinski definition) is 2. The lowest BCUT2D eigenvalue weighted by Crippen LogP contribution is -2.39. The predicted molar refractivity (Wildman–Crippen MR) is 40.8 cm³/mol. The summed E-state index contributed by atoms with van der Waals surface area (Å²) in [6.45, 7) is 0. The van der Waals surface area contributed by atoms with E-state index in [0.29, 0.717) is 5.11 Å². The minimum Gasteiger partial charge on any atom is -0.347 e. The molecule has 0 aromatic heterocycles. The van der Waals surface area contributed by atoms with Crippen LogP contribution in [0.25, 0.3) is 0 Å². The first-order chi connectivity index (χ1) is 3.79. The first-order valence-corrected chi connectivity index (χ1v) is 3.13. The molecule has 1 aliphatic heterocycles. The lowest BCUT2D eigenvalue weighted by Gasteiger charge is -2.15. The van der Waals surface area contributed by atoms with Gasteiger partial charge in [0.25, 0.3) is 0 Å². The van der Waals surface area contributed by atoms with Gasteiger partial charge in [-0.3, -0.25) is 0 Å². The molecule has 1 unspecified atom stereocenters. The fourth-order valence-corrected chi connectivity index (χ4v) is 0.937. The number of nitrogens with one attached hydrogen (secondary N) is 2. The van der Waals surface area contributed by atoms with Crippen LogP contribution in [0.1, 0.15) is 0 Å². The highest BCUT2D eigenvalue weighted by atomic mass is 32.1. The molecule has 8 heavy (non-hydrogen) atoms. The molecule has 0 spiro atoms. The van der Waals surface area contributed by atoms with E-state index in [2.05, 4.69) is 23.3 Å². The van der Waals surface area contributed by atoms with Crippen molar-refractivity contribution in [3.8, 4) is 0 Å². The minimum atomic E-state index is 0.0729. The van der Waals surface area contributed by atoms with Crippen molar-refractivity contribution in [2.45, 2.75) is 5.37 Å². The van der Waals surface area contributed by atoms with Crippen LogP contribution in [0.2, 0.25) is 0 Å². The van der Waals surface area contributed by atoms with Crippen molar-refractivity contribution in [1.29, 1.82) is 0 Å². The van der Waals surface area contributed by atoms with Crippen LogP contribution in [0.4, 0.5) is 0 Å². The summed E-state index contributed by atoms with van der Waals surface area (Å²) in [5.41, 5.74) is 0. The third-order valence-corrected chi connectivity index (χ3v) is 1.31. The Morgan fingerprint density at radius 3 is 2.88 bits per heavy atom. The average Bonchev–Trinajstić information content (AvgIpc) is 1.64. The Bertz CT molecular complexity index is 132. The van der Waals surface area contributed by atoms with Crippen LogP contribution < -0.4 is 10.6 Å². The standard InChI is InChI=1S/C4H6N2S2/c7-3-1-2-5-4(8)6-3/h1-3,7H,(H2,5,6,8). The summed E-state index contributed by atoms with van der Waals surface area (Å²) >= 11 is 8.86. The highest BCUT2D eigenvalue weighted by Gasteiger charge is 2.02. The first kappa shape index (κ1) is 5.91. The molecule has 0 radical (unpaired) electrons. The van der Waals surface area contributed by atoms with Gasteiger partial charge in [0.1, 0.15) is 0 Å². The van der Waals surface area contributed by atoms with Gasteiger partial charge in [-0.05, 0) is 18.3 Å². The maximum absolute atomic E-state index is 4.76. The Morgan fingerprint density at radius 2 is 2.50 bits per heavy atom. The molecule has 1 aliphatic rings. The summed E-state index contributed by atoms with van der Waals surface area (Å²) in [6.07, 6.45) is 3.65. The minimum absolute atomic E-state index is 0.0729. The topological polar surface area (TPSA) is 24.1 Å². The van der Waals surface area contributed by atoms with Gasteiger partial charge < -0.3 is 10.6 Å².